The van der Waals surface area contributed by atoms with Gasteiger partial charge in [-0.25, -0.2) is 12.4 Å². The fourth-order valence-corrected chi connectivity index (χ4v) is 5.17. The van der Waals surface area contributed by atoms with Gasteiger partial charge in [-0.3, -0.25) is 4.79 Å². The number of ketones is 1. The molecule has 28 heavy (non-hydrogen) atoms. The lowest BCUT2D eigenvalue weighted by Crippen LogP contribution is -2.19. The Labute approximate surface area is 171 Å². The number of nitrogens with zero attached hydrogens (tertiary/aromatic N) is 1. The number of para-hydroxylation sites is 1. The van der Waals surface area contributed by atoms with E-state index in [0.717, 1.165) is 9.86 Å². The van der Waals surface area contributed by atoms with Crippen LogP contribution < -0.4 is 0 Å². The number of fused-ring (bicyclic) bond motifs is 1. The lowest BCUT2D eigenvalue weighted by atomic mass is 10.0. The molecule has 3 aromatic carbocycles. The third-order valence-corrected chi connectivity index (χ3v) is 6.94. The maximum absolute atomic E-state index is 13.5. The predicted molar refractivity (Wildman–Crippen MR) is 113 cm³/mol. The Hall–Kier alpha value is -2.70. The van der Waals surface area contributed by atoms with Gasteiger partial charge < -0.3 is 0 Å². The van der Waals surface area contributed by atoms with Gasteiger partial charge in [-0.2, -0.15) is 0 Å². The standard InChI is InChI=1S/C22H16BrNO3S/c1-15-19-9-5-6-10-20(19)24(28(26,27)18-7-3-2-4-8-18)21(15)22(25)16-11-13-17(23)14-12-16/h2-14H,1H3. The summed E-state index contributed by atoms with van der Waals surface area (Å²) >= 11 is 3.36. The van der Waals surface area contributed by atoms with Crippen molar-refractivity contribution < 1.29 is 13.2 Å². The number of rotatable bonds is 4. The summed E-state index contributed by atoms with van der Waals surface area (Å²) in [5.41, 5.74) is 1.72. The number of halogens is 1. The monoisotopic (exact) mass is 453 g/mol. The molecule has 0 N–H and O–H groups in total. The fraction of sp³-hybridized carbons (Fsp3) is 0.0455. The van der Waals surface area contributed by atoms with Crippen LogP contribution in [0.4, 0.5) is 0 Å². The topological polar surface area (TPSA) is 56.1 Å². The second-order valence-corrected chi connectivity index (χ2v) is 9.11. The predicted octanol–water partition coefficient (Wildman–Crippen LogP) is 5.18. The molecule has 4 nitrogen and oxygen atoms in total. The average molecular weight is 454 g/mol. The summed E-state index contributed by atoms with van der Waals surface area (Å²) in [6.07, 6.45) is 0. The highest BCUT2D eigenvalue weighted by Crippen LogP contribution is 2.31. The van der Waals surface area contributed by atoms with Crippen LogP contribution >= 0.6 is 15.9 Å². The molecule has 0 saturated carbocycles. The molecule has 0 aliphatic rings. The Morgan fingerprint density at radius 2 is 1.46 bits per heavy atom. The molecule has 0 saturated heterocycles. The van der Waals surface area contributed by atoms with E-state index in [1.54, 1.807) is 61.5 Å². The molecule has 6 heteroatoms. The van der Waals surface area contributed by atoms with Gasteiger partial charge in [0.05, 0.1) is 10.4 Å². The maximum Gasteiger partial charge on any atom is 0.268 e. The molecule has 0 bridgehead atoms. The molecule has 0 amide bonds. The quantitative estimate of drug-likeness (QED) is 0.400. The highest BCUT2D eigenvalue weighted by molar-refractivity contribution is 9.10. The van der Waals surface area contributed by atoms with Crippen LogP contribution in [0.1, 0.15) is 21.6 Å². The van der Waals surface area contributed by atoms with E-state index in [-0.39, 0.29) is 16.4 Å². The van der Waals surface area contributed by atoms with Gasteiger partial charge in [0.15, 0.2) is 0 Å². The van der Waals surface area contributed by atoms with Gasteiger partial charge in [0.25, 0.3) is 10.0 Å². The van der Waals surface area contributed by atoms with Crippen molar-refractivity contribution in [3.63, 3.8) is 0 Å². The minimum atomic E-state index is -3.95. The van der Waals surface area contributed by atoms with Crippen molar-refractivity contribution in [3.8, 4) is 0 Å². The highest BCUT2D eigenvalue weighted by Gasteiger charge is 2.29. The van der Waals surface area contributed by atoms with Crippen LogP contribution in [0.15, 0.2) is 88.2 Å². The molecular weight excluding hydrogens is 438 g/mol. The SMILES string of the molecule is Cc1c(C(=O)c2ccc(Br)cc2)n(S(=O)(=O)c2ccccc2)c2ccccc12. The molecule has 0 aliphatic carbocycles. The van der Waals surface area contributed by atoms with E-state index in [9.17, 15) is 13.2 Å². The number of aryl methyl sites for hydroxylation is 1. The summed E-state index contributed by atoms with van der Waals surface area (Å²) in [4.78, 5) is 13.5. The van der Waals surface area contributed by atoms with Gasteiger partial charge in [-0.15, -0.1) is 0 Å². The van der Waals surface area contributed by atoms with Gasteiger partial charge in [-0.1, -0.05) is 52.3 Å². The second kappa shape index (κ2) is 7.04. The summed E-state index contributed by atoms with van der Waals surface area (Å²) < 4.78 is 29.0. The van der Waals surface area contributed by atoms with E-state index in [2.05, 4.69) is 15.9 Å². The van der Waals surface area contributed by atoms with Crippen LogP contribution in [-0.4, -0.2) is 18.2 Å². The molecule has 140 valence electrons. The summed E-state index contributed by atoms with van der Waals surface area (Å²) in [7, 11) is -3.95. The van der Waals surface area contributed by atoms with Crippen LogP contribution in [0, 0.1) is 6.92 Å². The Morgan fingerprint density at radius 1 is 0.857 bits per heavy atom. The van der Waals surface area contributed by atoms with E-state index in [1.165, 1.54) is 16.1 Å². The lowest BCUT2D eigenvalue weighted by Gasteiger charge is -2.12. The zero-order valence-electron chi connectivity index (χ0n) is 15.0. The van der Waals surface area contributed by atoms with Crippen LogP contribution in [0.3, 0.4) is 0 Å². The van der Waals surface area contributed by atoms with Crippen molar-refractivity contribution in [2.24, 2.45) is 0 Å². The number of benzene rings is 3. The molecule has 4 aromatic rings. The first-order chi connectivity index (χ1) is 13.4. The average Bonchev–Trinajstić information content (AvgIpc) is 3.02. The number of aromatic nitrogens is 1. The summed E-state index contributed by atoms with van der Waals surface area (Å²) in [6, 6.07) is 22.2. The molecule has 0 fully saturated rings. The Morgan fingerprint density at radius 3 is 2.14 bits per heavy atom. The van der Waals surface area contributed by atoms with Gasteiger partial charge in [0, 0.05) is 15.4 Å². The Bertz CT molecular complexity index is 1290. The van der Waals surface area contributed by atoms with Crippen molar-refractivity contribution in [2.75, 3.05) is 0 Å². The summed E-state index contributed by atoms with van der Waals surface area (Å²) in [5, 5.41) is 0.738. The van der Waals surface area contributed by atoms with Crippen molar-refractivity contribution in [1.82, 2.24) is 3.97 Å². The molecule has 1 aromatic heterocycles. The lowest BCUT2D eigenvalue weighted by molar-refractivity contribution is 0.103. The first-order valence-electron chi connectivity index (χ1n) is 8.62. The van der Waals surface area contributed by atoms with E-state index in [1.807, 2.05) is 12.1 Å². The van der Waals surface area contributed by atoms with Crippen molar-refractivity contribution in [1.29, 1.82) is 0 Å². The fourth-order valence-electron chi connectivity index (χ4n) is 3.32. The maximum atomic E-state index is 13.5. The first kappa shape index (κ1) is 18.7. The van der Waals surface area contributed by atoms with Crippen molar-refractivity contribution >= 4 is 42.6 Å². The highest BCUT2D eigenvalue weighted by atomic mass is 79.9. The molecule has 0 radical (unpaired) electrons. The van der Waals surface area contributed by atoms with Gasteiger partial charge >= 0.3 is 0 Å². The van der Waals surface area contributed by atoms with Crippen LogP contribution in [0.25, 0.3) is 10.9 Å². The molecule has 4 rings (SSSR count). The van der Waals surface area contributed by atoms with E-state index in [4.69, 9.17) is 0 Å². The number of carbonyl (C=O) groups is 1. The smallest absolute Gasteiger partial charge is 0.268 e. The normalized spacial score (nSPS) is 11.6. The number of carbonyl (C=O) groups excluding carboxylic acids is 1. The molecular formula is C22H16BrNO3S. The molecule has 0 atom stereocenters. The summed E-state index contributed by atoms with van der Waals surface area (Å²) in [6.45, 7) is 1.78. The molecule has 1 heterocycles. The zero-order valence-corrected chi connectivity index (χ0v) is 17.4. The largest absolute Gasteiger partial charge is 0.287 e. The zero-order chi connectivity index (χ0) is 19.9. The third-order valence-electron chi connectivity index (χ3n) is 4.69. The summed E-state index contributed by atoms with van der Waals surface area (Å²) in [5.74, 6) is -0.333. The van der Waals surface area contributed by atoms with Gasteiger partial charge in [0.2, 0.25) is 5.78 Å². The first-order valence-corrected chi connectivity index (χ1v) is 10.9. The minimum Gasteiger partial charge on any atom is -0.287 e. The molecule has 0 spiro atoms. The number of hydrogen-bond donors (Lipinski definition) is 0. The van der Waals surface area contributed by atoms with E-state index < -0.39 is 10.0 Å². The van der Waals surface area contributed by atoms with Crippen LogP contribution in [0.2, 0.25) is 0 Å². The van der Waals surface area contributed by atoms with Crippen LogP contribution in [0.5, 0.6) is 0 Å². The Kier molecular flexibility index (Phi) is 4.69. The van der Waals surface area contributed by atoms with Crippen molar-refractivity contribution in [3.05, 3.63) is 100 Å². The second-order valence-electron chi connectivity index (χ2n) is 6.41. The molecule has 0 aliphatic heterocycles. The van der Waals surface area contributed by atoms with Crippen molar-refractivity contribution in [2.45, 2.75) is 11.8 Å². The van der Waals surface area contributed by atoms with Gasteiger partial charge in [0.1, 0.15) is 5.69 Å². The number of hydrogen-bond acceptors (Lipinski definition) is 3. The minimum absolute atomic E-state index is 0.139. The third kappa shape index (κ3) is 2.99. The van der Waals surface area contributed by atoms with Crippen LogP contribution in [-0.2, 0) is 10.0 Å². The Balaban J connectivity index is 2.04. The van der Waals surface area contributed by atoms with Gasteiger partial charge in [-0.05, 0) is 55.0 Å². The molecule has 0 unspecified atom stereocenters. The van der Waals surface area contributed by atoms with E-state index >= 15 is 0 Å². The van der Waals surface area contributed by atoms with E-state index in [0.29, 0.717) is 16.6 Å².